The zero-order valence-electron chi connectivity index (χ0n) is 9.80. The molecule has 1 aliphatic heterocycles. The first-order chi connectivity index (χ1) is 7.48. The number of rotatable bonds is 3. The Labute approximate surface area is 97.6 Å². The normalized spacial score (nSPS) is 38.3. The topological polar surface area (TPSA) is 57.6 Å². The van der Waals surface area contributed by atoms with Gasteiger partial charge in [-0.1, -0.05) is 6.42 Å². The van der Waals surface area contributed by atoms with Crippen molar-refractivity contribution in [2.45, 2.75) is 37.8 Å². The fourth-order valence-corrected chi connectivity index (χ4v) is 4.68. The largest absolute Gasteiger partial charge is 0.393 e. The Morgan fingerprint density at radius 3 is 2.56 bits per heavy atom. The van der Waals surface area contributed by atoms with E-state index in [2.05, 4.69) is 4.90 Å². The maximum atomic E-state index is 11.4. The molecule has 0 spiro atoms. The van der Waals surface area contributed by atoms with Crippen molar-refractivity contribution in [3.05, 3.63) is 0 Å². The van der Waals surface area contributed by atoms with Gasteiger partial charge in [-0.15, -0.1) is 0 Å². The molecule has 4 nitrogen and oxygen atoms in total. The smallest absolute Gasteiger partial charge is 0.151 e. The molecule has 1 saturated heterocycles. The maximum Gasteiger partial charge on any atom is 0.151 e. The molecule has 2 fully saturated rings. The van der Waals surface area contributed by atoms with Gasteiger partial charge in [0.2, 0.25) is 0 Å². The van der Waals surface area contributed by atoms with Gasteiger partial charge in [0.05, 0.1) is 17.6 Å². The molecule has 3 unspecified atom stereocenters. The molecule has 2 rings (SSSR count). The highest BCUT2D eigenvalue weighted by atomic mass is 32.2. The molecule has 94 valence electrons. The Bertz CT molecular complexity index is 341. The van der Waals surface area contributed by atoms with Crippen LogP contribution in [0.1, 0.15) is 25.7 Å². The monoisotopic (exact) mass is 247 g/mol. The SMILES string of the molecule is CN(CC1CCCC1O)C1CCS(=O)(=O)C1. The number of aliphatic hydroxyl groups is 1. The van der Waals surface area contributed by atoms with Crippen LogP contribution in [0.3, 0.4) is 0 Å². The molecule has 0 radical (unpaired) electrons. The number of hydrogen-bond acceptors (Lipinski definition) is 4. The second-order valence-corrected chi connectivity index (χ2v) is 7.48. The molecular weight excluding hydrogens is 226 g/mol. The Morgan fingerprint density at radius 1 is 1.31 bits per heavy atom. The third-order valence-corrected chi connectivity index (χ3v) is 5.72. The van der Waals surface area contributed by atoms with Crippen LogP contribution in [0.4, 0.5) is 0 Å². The number of aliphatic hydroxyl groups excluding tert-OH is 1. The van der Waals surface area contributed by atoms with Crippen LogP contribution in [-0.4, -0.2) is 55.7 Å². The van der Waals surface area contributed by atoms with Gasteiger partial charge in [0.25, 0.3) is 0 Å². The summed E-state index contributed by atoms with van der Waals surface area (Å²) in [6.07, 6.45) is 3.65. The van der Waals surface area contributed by atoms with E-state index >= 15 is 0 Å². The van der Waals surface area contributed by atoms with Crippen LogP contribution in [0.2, 0.25) is 0 Å². The van der Waals surface area contributed by atoms with E-state index in [0.717, 1.165) is 32.2 Å². The number of nitrogens with zero attached hydrogens (tertiary/aromatic N) is 1. The summed E-state index contributed by atoms with van der Waals surface area (Å²) in [5.74, 6) is 0.968. The molecule has 2 aliphatic rings. The molecule has 16 heavy (non-hydrogen) atoms. The van der Waals surface area contributed by atoms with E-state index in [-0.39, 0.29) is 12.1 Å². The molecule has 0 aromatic carbocycles. The van der Waals surface area contributed by atoms with Crippen LogP contribution in [-0.2, 0) is 9.84 Å². The Morgan fingerprint density at radius 2 is 2.06 bits per heavy atom. The lowest BCUT2D eigenvalue weighted by Gasteiger charge is -2.27. The first kappa shape index (κ1) is 12.3. The predicted octanol–water partition coefficient (Wildman–Crippen LogP) is 0.266. The Hall–Kier alpha value is -0.130. The molecule has 1 N–H and O–H groups in total. The molecule has 0 aromatic heterocycles. The van der Waals surface area contributed by atoms with Crippen molar-refractivity contribution in [2.24, 2.45) is 5.92 Å². The minimum Gasteiger partial charge on any atom is -0.393 e. The lowest BCUT2D eigenvalue weighted by Crippen LogP contribution is -2.38. The first-order valence-electron chi connectivity index (χ1n) is 6.07. The third-order valence-electron chi connectivity index (χ3n) is 3.97. The number of hydrogen-bond donors (Lipinski definition) is 1. The van der Waals surface area contributed by atoms with Gasteiger partial charge in [-0.3, -0.25) is 0 Å². The summed E-state index contributed by atoms with van der Waals surface area (Å²) >= 11 is 0. The van der Waals surface area contributed by atoms with Crippen molar-refractivity contribution in [1.29, 1.82) is 0 Å². The van der Waals surface area contributed by atoms with Crippen molar-refractivity contribution in [3.8, 4) is 0 Å². The van der Waals surface area contributed by atoms with Crippen molar-refractivity contribution in [1.82, 2.24) is 4.90 Å². The van der Waals surface area contributed by atoms with Gasteiger partial charge in [-0.05, 0) is 32.2 Å². The third kappa shape index (κ3) is 2.76. The van der Waals surface area contributed by atoms with Gasteiger partial charge in [-0.2, -0.15) is 0 Å². The van der Waals surface area contributed by atoms with Gasteiger partial charge >= 0.3 is 0 Å². The van der Waals surface area contributed by atoms with Crippen molar-refractivity contribution < 1.29 is 13.5 Å². The number of sulfone groups is 1. The summed E-state index contributed by atoms with van der Waals surface area (Å²) < 4.78 is 22.7. The van der Waals surface area contributed by atoms with Crippen LogP contribution in [0.15, 0.2) is 0 Å². The molecule has 0 bridgehead atoms. The van der Waals surface area contributed by atoms with Crippen LogP contribution < -0.4 is 0 Å². The molecule has 1 heterocycles. The van der Waals surface area contributed by atoms with Crippen LogP contribution in [0.25, 0.3) is 0 Å². The van der Waals surface area contributed by atoms with Crippen LogP contribution in [0, 0.1) is 5.92 Å². The summed E-state index contributed by atoms with van der Waals surface area (Å²) in [5, 5.41) is 9.74. The van der Waals surface area contributed by atoms with Gasteiger partial charge in [-0.25, -0.2) is 8.42 Å². The molecule has 3 atom stereocenters. The van der Waals surface area contributed by atoms with Crippen LogP contribution >= 0.6 is 0 Å². The fraction of sp³-hybridized carbons (Fsp3) is 1.00. The lowest BCUT2D eigenvalue weighted by molar-refractivity contribution is 0.1000. The van der Waals surface area contributed by atoms with E-state index < -0.39 is 9.84 Å². The van der Waals surface area contributed by atoms with E-state index in [4.69, 9.17) is 0 Å². The lowest BCUT2D eigenvalue weighted by atomic mass is 10.0. The van der Waals surface area contributed by atoms with E-state index in [9.17, 15) is 13.5 Å². The quantitative estimate of drug-likeness (QED) is 0.777. The highest BCUT2D eigenvalue weighted by molar-refractivity contribution is 7.91. The van der Waals surface area contributed by atoms with Gasteiger partial charge in [0.15, 0.2) is 9.84 Å². The van der Waals surface area contributed by atoms with Crippen LogP contribution in [0.5, 0.6) is 0 Å². The summed E-state index contributed by atoms with van der Waals surface area (Å²) in [5.41, 5.74) is 0. The zero-order chi connectivity index (χ0) is 11.8. The van der Waals surface area contributed by atoms with Gasteiger partial charge < -0.3 is 10.0 Å². The first-order valence-corrected chi connectivity index (χ1v) is 7.89. The van der Waals surface area contributed by atoms with Crippen molar-refractivity contribution in [3.63, 3.8) is 0 Å². The summed E-state index contributed by atoms with van der Waals surface area (Å²) in [7, 11) is -0.809. The highest BCUT2D eigenvalue weighted by Gasteiger charge is 2.33. The average Bonchev–Trinajstić information content (AvgIpc) is 2.74. The molecule has 5 heteroatoms. The summed E-state index contributed by atoms with van der Waals surface area (Å²) in [6.45, 7) is 0.835. The summed E-state index contributed by atoms with van der Waals surface area (Å²) in [6, 6.07) is 0.165. The minimum atomic E-state index is -2.79. The molecular formula is C11H21NO3S. The van der Waals surface area contributed by atoms with E-state index in [0.29, 0.717) is 17.4 Å². The molecule has 0 aromatic rings. The standard InChI is InChI=1S/C11H21NO3S/c1-12(7-9-3-2-4-11(9)13)10-5-6-16(14,15)8-10/h9-11,13H,2-8H2,1H3. The predicted molar refractivity (Wildman–Crippen MR) is 63.0 cm³/mol. The van der Waals surface area contributed by atoms with E-state index in [1.165, 1.54) is 0 Å². The average molecular weight is 247 g/mol. The molecule has 1 saturated carbocycles. The highest BCUT2D eigenvalue weighted by Crippen LogP contribution is 2.27. The fourth-order valence-electron chi connectivity index (χ4n) is 2.87. The summed E-state index contributed by atoms with van der Waals surface area (Å²) in [4.78, 5) is 2.13. The minimum absolute atomic E-state index is 0.165. The van der Waals surface area contributed by atoms with Crippen molar-refractivity contribution in [2.75, 3.05) is 25.1 Å². The second-order valence-electron chi connectivity index (χ2n) is 5.25. The molecule has 1 aliphatic carbocycles. The van der Waals surface area contributed by atoms with E-state index in [1.807, 2.05) is 7.05 Å². The second kappa shape index (κ2) is 4.63. The van der Waals surface area contributed by atoms with E-state index in [1.54, 1.807) is 0 Å². The van der Waals surface area contributed by atoms with Crippen molar-refractivity contribution >= 4 is 9.84 Å². The maximum absolute atomic E-state index is 11.4. The zero-order valence-corrected chi connectivity index (χ0v) is 10.6. The Kier molecular flexibility index (Phi) is 3.56. The molecule has 0 amide bonds. The van der Waals surface area contributed by atoms with Gasteiger partial charge in [0, 0.05) is 12.6 Å². The Balaban J connectivity index is 1.86. The van der Waals surface area contributed by atoms with Gasteiger partial charge in [0.1, 0.15) is 0 Å².